The van der Waals surface area contributed by atoms with Crippen LogP contribution in [0.15, 0.2) is 18.3 Å². The standard InChI is InChI=1S/C14H22N2O/c1-11-6-4-3-5-9-16(11)13-7-8-14(12(2)17)15-10-13/h7-8,10-12,17H,3-6,9H2,1-2H3/t11?,12-/m0/s1. The van der Waals surface area contributed by atoms with Crippen LogP contribution in [0.25, 0.3) is 0 Å². The van der Waals surface area contributed by atoms with Gasteiger partial charge in [0.1, 0.15) is 0 Å². The molecule has 1 N–H and O–H groups in total. The van der Waals surface area contributed by atoms with Crippen molar-refractivity contribution in [3.05, 3.63) is 24.0 Å². The number of anilines is 1. The fourth-order valence-electron chi connectivity index (χ4n) is 2.47. The number of pyridine rings is 1. The fourth-order valence-corrected chi connectivity index (χ4v) is 2.47. The number of hydrogen-bond donors (Lipinski definition) is 1. The molecular formula is C14H22N2O. The molecule has 2 rings (SSSR count). The predicted octanol–water partition coefficient (Wildman–Crippen LogP) is 2.90. The van der Waals surface area contributed by atoms with E-state index in [1.165, 1.54) is 31.4 Å². The van der Waals surface area contributed by atoms with Crippen molar-refractivity contribution < 1.29 is 5.11 Å². The number of hydrogen-bond acceptors (Lipinski definition) is 3. The molecular weight excluding hydrogens is 212 g/mol. The van der Waals surface area contributed by atoms with Gasteiger partial charge in [0.2, 0.25) is 0 Å². The van der Waals surface area contributed by atoms with Crippen molar-refractivity contribution in [2.75, 3.05) is 11.4 Å². The summed E-state index contributed by atoms with van der Waals surface area (Å²) in [5, 5.41) is 9.45. The molecule has 0 radical (unpaired) electrons. The summed E-state index contributed by atoms with van der Waals surface area (Å²) < 4.78 is 0. The molecule has 0 aromatic carbocycles. The SMILES string of the molecule is CC1CCCCCN1c1ccc([C@H](C)O)nc1. The van der Waals surface area contributed by atoms with Crippen LogP contribution in [-0.2, 0) is 0 Å². The Kier molecular flexibility index (Phi) is 4.00. The van der Waals surface area contributed by atoms with E-state index in [0.717, 1.165) is 12.2 Å². The summed E-state index contributed by atoms with van der Waals surface area (Å²) in [5.74, 6) is 0. The fraction of sp³-hybridized carbons (Fsp3) is 0.643. The summed E-state index contributed by atoms with van der Waals surface area (Å²) in [6.45, 7) is 5.15. The van der Waals surface area contributed by atoms with Crippen LogP contribution in [0.4, 0.5) is 5.69 Å². The Bertz CT molecular complexity index is 348. The number of aliphatic hydroxyl groups is 1. The van der Waals surface area contributed by atoms with E-state index in [9.17, 15) is 5.11 Å². The van der Waals surface area contributed by atoms with E-state index in [0.29, 0.717) is 6.04 Å². The van der Waals surface area contributed by atoms with Crippen LogP contribution in [0.1, 0.15) is 51.3 Å². The zero-order valence-electron chi connectivity index (χ0n) is 10.8. The van der Waals surface area contributed by atoms with Gasteiger partial charge in [0.15, 0.2) is 0 Å². The highest BCUT2D eigenvalue weighted by atomic mass is 16.3. The normalized spacial score (nSPS) is 23.2. The van der Waals surface area contributed by atoms with Gasteiger partial charge >= 0.3 is 0 Å². The average molecular weight is 234 g/mol. The molecule has 3 nitrogen and oxygen atoms in total. The molecule has 94 valence electrons. The zero-order valence-corrected chi connectivity index (χ0v) is 10.8. The summed E-state index contributed by atoms with van der Waals surface area (Å²) in [5.41, 5.74) is 1.93. The molecule has 3 heteroatoms. The summed E-state index contributed by atoms with van der Waals surface area (Å²) in [6, 6.07) is 4.60. The first-order valence-corrected chi connectivity index (χ1v) is 6.59. The number of aliphatic hydroxyl groups excluding tert-OH is 1. The van der Waals surface area contributed by atoms with Gasteiger partial charge in [-0.25, -0.2) is 0 Å². The molecule has 0 amide bonds. The zero-order chi connectivity index (χ0) is 12.3. The van der Waals surface area contributed by atoms with Crippen molar-refractivity contribution in [2.45, 2.75) is 51.7 Å². The van der Waals surface area contributed by atoms with Gasteiger partial charge < -0.3 is 10.0 Å². The van der Waals surface area contributed by atoms with E-state index in [1.54, 1.807) is 6.92 Å². The molecule has 1 aromatic rings. The maximum absolute atomic E-state index is 9.45. The van der Waals surface area contributed by atoms with Crippen LogP contribution in [0.3, 0.4) is 0 Å². The molecule has 0 spiro atoms. The van der Waals surface area contributed by atoms with Crippen LogP contribution < -0.4 is 4.90 Å². The third-order valence-electron chi connectivity index (χ3n) is 3.58. The molecule has 0 saturated carbocycles. The minimum atomic E-state index is -0.481. The maximum atomic E-state index is 9.45. The Labute approximate surface area is 103 Å². The molecule has 1 fully saturated rings. The van der Waals surface area contributed by atoms with Gasteiger partial charge in [-0.05, 0) is 38.8 Å². The van der Waals surface area contributed by atoms with Crippen molar-refractivity contribution in [3.8, 4) is 0 Å². The van der Waals surface area contributed by atoms with Crippen molar-refractivity contribution in [1.82, 2.24) is 4.98 Å². The first-order valence-electron chi connectivity index (χ1n) is 6.59. The second-order valence-corrected chi connectivity index (χ2v) is 5.01. The van der Waals surface area contributed by atoms with Gasteiger partial charge in [0.25, 0.3) is 0 Å². The molecule has 2 atom stereocenters. The Morgan fingerprint density at radius 1 is 1.35 bits per heavy atom. The second-order valence-electron chi connectivity index (χ2n) is 5.01. The highest BCUT2D eigenvalue weighted by Gasteiger charge is 2.17. The van der Waals surface area contributed by atoms with E-state index in [1.807, 2.05) is 12.3 Å². The maximum Gasteiger partial charge on any atom is 0.0931 e. The van der Waals surface area contributed by atoms with Crippen molar-refractivity contribution in [2.24, 2.45) is 0 Å². The first-order chi connectivity index (χ1) is 8.18. The summed E-state index contributed by atoms with van der Waals surface area (Å²) in [7, 11) is 0. The van der Waals surface area contributed by atoms with Crippen LogP contribution in [0, 0.1) is 0 Å². The summed E-state index contributed by atoms with van der Waals surface area (Å²) in [6.07, 6.45) is 6.60. The minimum Gasteiger partial charge on any atom is -0.387 e. The van der Waals surface area contributed by atoms with E-state index in [4.69, 9.17) is 0 Å². The van der Waals surface area contributed by atoms with E-state index in [-0.39, 0.29) is 0 Å². The Morgan fingerprint density at radius 3 is 2.82 bits per heavy atom. The van der Waals surface area contributed by atoms with Crippen LogP contribution in [-0.4, -0.2) is 22.7 Å². The molecule has 0 aliphatic carbocycles. The topological polar surface area (TPSA) is 36.4 Å². The lowest BCUT2D eigenvalue weighted by Gasteiger charge is -2.29. The molecule has 0 bridgehead atoms. The van der Waals surface area contributed by atoms with Crippen molar-refractivity contribution >= 4 is 5.69 Å². The molecule has 1 aliphatic heterocycles. The molecule has 1 saturated heterocycles. The average Bonchev–Trinajstić information content (AvgIpc) is 2.54. The monoisotopic (exact) mass is 234 g/mol. The van der Waals surface area contributed by atoms with Crippen LogP contribution in [0.5, 0.6) is 0 Å². The smallest absolute Gasteiger partial charge is 0.0931 e. The Balaban J connectivity index is 2.14. The van der Waals surface area contributed by atoms with Gasteiger partial charge in [-0.1, -0.05) is 12.8 Å². The van der Waals surface area contributed by atoms with Crippen LogP contribution >= 0.6 is 0 Å². The van der Waals surface area contributed by atoms with Gasteiger partial charge in [-0.3, -0.25) is 4.98 Å². The Morgan fingerprint density at radius 2 is 2.18 bits per heavy atom. The highest BCUT2D eigenvalue weighted by Crippen LogP contribution is 2.24. The van der Waals surface area contributed by atoms with Crippen molar-refractivity contribution in [3.63, 3.8) is 0 Å². The summed E-state index contributed by atoms with van der Waals surface area (Å²) in [4.78, 5) is 6.76. The molecule has 17 heavy (non-hydrogen) atoms. The lowest BCUT2D eigenvalue weighted by molar-refractivity contribution is 0.194. The van der Waals surface area contributed by atoms with E-state index in [2.05, 4.69) is 22.9 Å². The highest BCUT2D eigenvalue weighted by molar-refractivity contribution is 5.45. The molecule has 1 aromatic heterocycles. The van der Waals surface area contributed by atoms with E-state index < -0.39 is 6.10 Å². The van der Waals surface area contributed by atoms with Gasteiger partial charge in [-0.15, -0.1) is 0 Å². The quantitative estimate of drug-likeness (QED) is 0.854. The number of aromatic nitrogens is 1. The van der Waals surface area contributed by atoms with Gasteiger partial charge in [0, 0.05) is 12.6 Å². The predicted molar refractivity (Wildman–Crippen MR) is 70.1 cm³/mol. The van der Waals surface area contributed by atoms with Crippen molar-refractivity contribution in [1.29, 1.82) is 0 Å². The largest absolute Gasteiger partial charge is 0.387 e. The lowest BCUT2D eigenvalue weighted by atomic mass is 10.1. The second kappa shape index (κ2) is 5.50. The molecule has 1 unspecified atom stereocenters. The third kappa shape index (κ3) is 2.97. The number of rotatable bonds is 2. The number of nitrogens with zero attached hydrogens (tertiary/aromatic N) is 2. The lowest BCUT2D eigenvalue weighted by Crippen LogP contribution is -2.32. The van der Waals surface area contributed by atoms with Gasteiger partial charge in [0.05, 0.1) is 23.7 Å². The van der Waals surface area contributed by atoms with Gasteiger partial charge in [-0.2, -0.15) is 0 Å². The molecule has 2 heterocycles. The summed E-state index contributed by atoms with van der Waals surface area (Å²) >= 11 is 0. The first kappa shape index (κ1) is 12.4. The minimum absolute atomic E-state index is 0.481. The Hall–Kier alpha value is -1.09. The van der Waals surface area contributed by atoms with Crippen LogP contribution in [0.2, 0.25) is 0 Å². The van der Waals surface area contributed by atoms with E-state index >= 15 is 0 Å². The third-order valence-corrected chi connectivity index (χ3v) is 3.58. The molecule has 1 aliphatic rings.